The van der Waals surface area contributed by atoms with Crippen molar-refractivity contribution < 1.29 is 4.79 Å². The minimum atomic E-state index is 0.0953. The van der Waals surface area contributed by atoms with Gasteiger partial charge in [0.05, 0.1) is 0 Å². The lowest BCUT2D eigenvalue weighted by atomic mass is 10.0. The van der Waals surface area contributed by atoms with Gasteiger partial charge in [0, 0.05) is 10.6 Å². The molecular formula is C15H13ClO. The van der Waals surface area contributed by atoms with Crippen LogP contribution in [-0.4, -0.2) is 5.78 Å². The third-order valence-corrected chi connectivity index (χ3v) is 2.87. The van der Waals surface area contributed by atoms with Crippen molar-refractivity contribution in [3.05, 3.63) is 70.2 Å². The van der Waals surface area contributed by atoms with Crippen LogP contribution in [0.3, 0.4) is 0 Å². The van der Waals surface area contributed by atoms with Crippen LogP contribution in [0.4, 0.5) is 0 Å². The van der Waals surface area contributed by atoms with E-state index in [1.54, 1.807) is 6.92 Å². The van der Waals surface area contributed by atoms with E-state index >= 15 is 0 Å². The Balaban J connectivity index is 2.24. The van der Waals surface area contributed by atoms with Crippen molar-refractivity contribution in [3.8, 4) is 0 Å². The van der Waals surface area contributed by atoms with Gasteiger partial charge in [0.2, 0.25) is 0 Å². The van der Waals surface area contributed by atoms with Crippen LogP contribution in [0.5, 0.6) is 0 Å². The predicted octanol–water partition coefficient (Wildman–Crippen LogP) is 4.13. The summed E-state index contributed by atoms with van der Waals surface area (Å²) in [5.41, 5.74) is 3.03. The summed E-state index contributed by atoms with van der Waals surface area (Å²) in [6.07, 6.45) is 0.793. The maximum atomic E-state index is 11.3. The van der Waals surface area contributed by atoms with Gasteiger partial charge in [-0.2, -0.15) is 0 Å². The first-order chi connectivity index (χ1) is 8.15. The first-order valence-corrected chi connectivity index (χ1v) is 5.87. The molecule has 0 saturated heterocycles. The molecule has 0 fully saturated rings. The van der Waals surface area contributed by atoms with Gasteiger partial charge in [-0.3, -0.25) is 4.79 Å². The van der Waals surface area contributed by atoms with Gasteiger partial charge in [-0.25, -0.2) is 0 Å². The van der Waals surface area contributed by atoms with Crippen molar-refractivity contribution in [1.29, 1.82) is 0 Å². The minimum Gasteiger partial charge on any atom is -0.295 e. The van der Waals surface area contributed by atoms with Crippen molar-refractivity contribution in [2.45, 2.75) is 13.3 Å². The predicted molar refractivity (Wildman–Crippen MR) is 70.7 cm³/mol. The molecule has 0 radical (unpaired) electrons. The number of hydrogen-bond donors (Lipinski definition) is 0. The Kier molecular flexibility index (Phi) is 3.60. The fraction of sp³-hybridized carbons (Fsp3) is 0.133. The van der Waals surface area contributed by atoms with E-state index in [1.165, 1.54) is 0 Å². The van der Waals surface area contributed by atoms with Gasteiger partial charge in [0.1, 0.15) is 0 Å². The number of carbonyl (C=O) groups is 1. The molecule has 2 rings (SSSR count). The first kappa shape index (κ1) is 11.9. The quantitative estimate of drug-likeness (QED) is 0.742. The van der Waals surface area contributed by atoms with Crippen LogP contribution in [0, 0.1) is 0 Å². The lowest BCUT2D eigenvalue weighted by Crippen LogP contribution is -1.94. The Bertz CT molecular complexity index is 546. The zero-order valence-electron chi connectivity index (χ0n) is 9.61. The fourth-order valence-corrected chi connectivity index (χ4v) is 2.00. The number of halogens is 1. The lowest BCUT2D eigenvalue weighted by molar-refractivity contribution is 0.101. The summed E-state index contributed by atoms with van der Waals surface area (Å²) in [4.78, 5) is 11.3. The Morgan fingerprint density at radius 1 is 1.06 bits per heavy atom. The minimum absolute atomic E-state index is 0.0953. The van der Waals surface area contributed by atoms with Crippen LogP contribution in [0.15, 0.2) is 48.5 Å². The maximum absolute atomic E-state index is 11.3. The van der Waals surface area contributed by atoms with Crippen LogP contribution in [0.25, 0.3) is 0 Å². The largest absolute Gasteiger partial charge is 0.295 e. The maximum Gasteiger partial charge on any atom is 0.159 e. The number of rotatable bonds is 3. The van der Waals surface area contributed by atoms with Crippen LogP contribution < -0.4 is 0 Å². The second kappa shape index (κ2) is 5.15. The number of ketones is 1. The van der Waals surface area contributed by atoms with Crippen LogP contribution >= 0.6 is 11.6 Å². The molecule has 1 nitrogen and oxygen atoms in total. The van der Waals surface area contributed by atoms with E-state index in [-0.39, 0.29) is 5.78 Å². The topological polar surface area (TPSA) is 17.1 Å². The highest BCUT2D eigenvalue weighted by Gasteiger charge is 2.02. The molecule has 0 N–H and O–H groups in total. The molecule has 2 aromatic rings. The summed E-state index contributed by atoms with van der Waals surface area (Å²) in [5.74, 6) is 0.0953. The van der Waals surface area contributed by atoms with E-state index in [0.29, 0.717) is 0 Å². The van der Waals surface area contributed by atoms with Crippen molar-refractivity contribution >= 4 is 17.4 Å². The van der Waals surface area contributed by atoms with Crippen LogP contribution in [0.1, 0.15) is 28.4 Å². The Hall–Kier alpha value is -1.60. The number of hydrogen-bond acceptors (Lipinski definition) is 1. The Morgan fingerprint density at radius 3 is 2.35 bits per heavy atom. The summed E-state index contributed by atoms with van der Waals surface area (Å²) in [5, 5.41) is 0.741. The summed E-state index contributed by atoms with van der Waals surface area (Å²) >= 11 is 5.94. The molecule has 0 unspecified atom stereocenters. The van der Waals surface area contributed by atoms with E-state index in [9.17, 15) is 4.79 Å². The summed E-state index contributed by atoms with van der Waals surface area (Å²) in [7, 11) is 0. The summed E-state index contributed by atoms with van der Waals surface area (Å²) < 4.78 is 0. The van der Waals surface area contributed by atoms with E-state index in [1.807, 2.05) is 48.5 Å². The van der Waals surface area contributed by atoms with Crippen molar-refractivity contribution in [3.63, 3.8) is 0 Å². The van der Waals surface area contributed by atoms with Gasteiger partial charge in [0.15, 0.2) is 5.78 Å². The molecule has 0 aliphatic carbocycles. The second-order valence-electron chi connectivity index (χ2n) is 4.06. The summed E-state index contributed by atoms with van der Waals surface area (Å²) in [6, 6.07) is 15.5. The van der Waals surface area contributed by atoms with E-state index < -0.39 is 0 Å². The smallest absolute Gasteiger partial charge is 0.159 e. The number of Topliss-reactive ketones (excluding diaryl/α,β-unsaturated/α-hetero) is 1. The molecule has 0 spiro atoms. The normalized spacial score (nSPS) is 10.2. The molecule has 0 amide bonds. The highest BCUT2D eigenvalue weighted by molar-refractivity contribution is 6.30. The highest BCUT2D eigenvalue weighted by atomic mass is 35.5. The van der Waals surface area contributed by atoms with Gasteiger partial charge in [-0.05, 0) is 42.7 Å². The average molecular weight is 245 g/mol. The molecule has 0 bridgehead atoms. The third-order valence-electron chi connectivity index (χ3n) is 2.63. The van der Waals surface area contributed by atoms with Crippen LogP contribution in [0.2, 0.25) is 5.02 Å². The van der Waals surface area contributed by atoms with Gasteiger partial charge < -0.3 is 0 Å². The van der Waals surface area contributed by atoms with Gasteiger partial charge in [0.25, 0.3) is 0 Å². The third kappa shape index (κ3) is 3.18. The lowest BCUT2D eigenvalue weighted by Gasteiger charge is -2.04. The molecule has 0 saturated carbocycles. The van der Waals surface area contributed by atoms with Crippen molar-refractivity contribution in [2.75, 3.05) is 0 Å². The fourth-order valence-electron chi connectivity index (χ4n) is 1.78. The van der Waals surface area contributed by atoms with Gasteiger partial charge in [-0.15, -0.1) is 0 Å². The van der Waals surface area contributed by atoms with Gasteiger partial charge in [-0.1, -0.05) is 41.9 Å². The standard InChI is InChI=1S/C15H13ClO/c1-11(17)14-6-2-4-12(9-14)8-13-5-3-7-15(16)10-13/h2-7,9-10H,8H2,1H3. The average Bonchev–Trinajstić information content (AvgIpc) is 2.29. The number of carbonyl (C=O) groups excluding carboxylic acids is 1. The highest BCUT2D eigenvalue weighted by Crippen LogP contribution is 2.15. The zero-order chi connectivity index (χ0) is 12.3. The monoisotopic (exact) mass is 244 g/mol. The first-order valence-electron chi connectivity index (χ1n) is 5.49. The van der Waals surface area contributed by atoms with Crippen molar-refractivity contribution in [1.82, 2.24) is 0 Å². The van der Waals surface area contributed by atoms with E-state index in [2.05, 4.69) is 0 Å². The molecule has 0 aliphatic heterocycles. The van der Waals surface area contributed by atoms with Crippen LogP contribution in [-0.2, 0) is 6.42 Å². The second-order valence-corrected chi connectivity index (χ2v) is 4.50. The Morgan fingerprint density at radius 2 is 1.71 bits per heavy atom. The van der Waals surface area contributed by atoms with Crippen molar-refractivity contribution in [2.24, 2.45) is 0 Å². The molecule has 0 heterocycles. The summed E-state index contributed by atoms with van der Waals surface area (Å²) in [6.45, 7) is 1.58. The Labute approximate surface area is 106 Å². The molecular weight excluding hydrogens is 232 g/mol. The molecule has 2 aromatic carbocycles. The van der Waals surface area contributed by atoms with Gasteiger partial charge >= 0.3 is 0 Å². The van der Waals surface area contributed by atoms with E-state index in [0.717, 1.165) is 28.1 Å². The molecule has 2 heteroatoms. The molecule has 0 aliphatic rings. The molecule has 17 heavy (non-hydrogen) atoms. The molecule has 0 atom stereocenters. The number of benzene rings is 2. The zero-order valence-corrected chi connectivity index (χ0v) is 10.4. The SMILES string of the molecule is CC(=O)c1cccc(Cc2cccc(Cl)c2)c1. The molecule has 86 valence electrons. The molecule has 0 aromatic heterocycles. The van der Waals surface area contributed by atoms with E-state index in [4.69, 9.17) is 11.6 Å².